The van der Waals surface area contributed by atoms with Crippen molar-refractivity contribution in [3.05, 3.63) is 77.9 Å². The number of aromatic amines is 1. The van der Waals surface area contributed by atoms with Crippen molar-refractivity contribution < 1.29 is 9.34 Å². The Kier molecular flexibility index (Phi) is 5.21. The fourth-order valence-electron chi connectivity index (χ4n) is 2.41. The lowest BCUT2D eigenvalue weighted by molar-refractivity contribution is -0.384. The Balaban J connectivity index is 1.72. The Hall–Kier alpha value is -3.21. The Morgan fingerprint density at radius 1 is 1.33 bits per heavy atom. The average Bonchev–Trinajstić information content (AvgIpc) is 3.09. The molecule has 0 spiro atoms. The number of aromatic nitrogens is 4. The van der Waals surface area contributed by atoms with Crippen molar-refractivity contribution in [2.75, 3.05) is 0 Å². The molecule has 0 aliphatic rings. The van der Waals surface area contributed by atoms with Gasteiger partial charge in [-0.3, -0.25) is 19.5 Å². The predicted molar refractivity (Wildman–Crippen MR) is 96.8 cm³/mol. The van der Waals surface area contributed by atoms with E-state index >= 15 is 0 Å². The fourth-order valence-corrected chi connectivity index (χ4v) is 3.13. The van der Waals surface area contributed by atoms with Gasteiger partial charge in [0.15, 0.2) is 0 Å². The lowest BCUT2D eigenvalue weighted by Gasteiger charge is -2.04. The molecule has 3 rings (SSSR count). The van der Waals surface area contributed by atoms with Crippen molar-refractivity contribution in [2.24, 2.45) is 7.05 Å². The minimum atomic E-state index is -0.486. The van der Waals surface area contributed by atoms with E-state index in [1.807, 2.05) is 0 Å². The van der Waals surface area contributed by atoms with Gasteiger partial charge in [0.05, 0.1) is 11.3 Å². The Morgan fingerprint density at radius 2 is 2.11 bits per heavy atom. The summed E-state index contributed by atoms with van der Waals surface area (Å²) in [5, 5.41) is 18.9. The van der Waals surface area contributed by atoms with E-state index in [0.717, 1.165) is 10.1 Å². The highest BCUT2D eigenvalue weighted by Crippen LogP contribution is 2.24. The van der Waals surface area contributed by atoms with E-state index in [1.165, 1.54) is 30.9 Å². The maximum atomic E-state index is 12.2. The van der Waals surface area contributed by atoms with Crippen LogP contribution in [-0.4, -0.2) is 24.7 Å². The van der Waals surface area contributed by atoms with Crippen molar-refractivity contribution in [3.63, 3.8) is 0 Å². The third-order valence-corrected chi connectivity index (χ3v) is 4.76. The third-order valence-electron chi connectivity index (χ3n) is 3.87. The van der Waals surface area contributed by atoms with Crippen LogP contribution >= 0.6 is 11.8 Å². The van der Waals surface area contributed by atoms with Gasteiger partial charge in [0, 0.05) is 36.2 Å². The van der Waals surface area contributed by atoms with Gasteiger partial charge in [-0.25, -0.2) is 4.79 Å². The molecule has 0 aliphatic heterocycles. The molecule has 0 atom stereocenters. The van der Waals surface area contributed by atoms with Gasteiger partial charge in [-0.15, -0.1) is 10.2 Å². The number of hydrogen-bond acceptors (Lipinski definition) is 8. The molecule has 11 heteroatoms. The molecule has 0 fully saturated rings. The van der Waals surface area contributed by atoms with E-state index in [-0.39, 0.29) is 23.2 Å². The molecule has 27 heavy (non-hydrogen) atoms. The molecule has 2 aromatic heterocycles. The Morgan fingerprint density at radius 3 is 2.85 bits per heavy atom. The zero-order valence-corrected chi connectivity index (χ0v) is 15.3. The number of nitro benzene ring substituents is 1. The number of hydrogen-bond donors (Lipinski definition) is 1. The van der Waals surface area contributed by atoms with Gasteiger partial charge in [0.25, 0.3) is 16.5 Å². The number of thioether (sulfide) groups is 1. The van der Waals surface area contributed by atoms with Crippen LogP contribution in [-0.2, 0) is 19.2 Å². The van der Waals surface area contributed by atoms with E-state index in [4.69, 9.17) is 4.42 Å². The summed E-state index contributed by atoms with van der Waals surface area (Å²) >= 11 is 1.24. The van der Waals surface area contributed by atoms with Crippen LogP contribution < -0.4 is 11.2 Å². The van der Waals surface area contributed by atoms with Gasteiger partial charge in [-0.2, -0.15) is 0 Å². The highest BCUT2D eigenvalue weighted by molar-refractivity contribution is 7.98. The van der Waals surface area contributed by atoms with Crippen LogP contribution in [0.3, 0.4) is 0 Å². The topological polar surface area (TPSA) is 137 Å². The SMILES string of the molecule is Cc1[nH]c(=O)n(C)c(=O)c1Cc1nnc(SCc2cccc([N+](=O)[O-])c2)o1. The van der Waals surface area contributed by atoms with Gasteiger partial charge < -0.3 is 9.40 Å². The molecule has 0 radical (unpaired) electrons. The van der Waals surface area contributed by atoms with Crippen LogP contribution in [0.2, 0.25) is 0 Å². The first-order valence-corrected chi connectivity index (χ1v) is 8.81. The monoisotopic (exact) mass is 389 g/mol. The summed E-state index contributed by atoms with van der Waals surface area (Å²) in [7, 11) is 1.39. The smallest absolute Gasteiger partial charge is 0.328 e. The Bertz CT molecular complexity index is 1120. The molecule has 10 nitrogen and oxygen atoms in total. The standard InChI is InChI=1S/C16H15N5O5S/c1-9-12(14(22)20(2)15(23)17-9)7-13-18-19-16(26-13)27-8-10-4-3-5-11(6-10)21(24)25/h3-6H,7-8H2,1-2H3,(H,17,23). The van der Waals surface area contributed by atoms with Crippen LogP contribution in [0.5, 0.6) is 0 Å². The quantitative estimate of drug-likeness (QED) is 0.381. The summed E-state index contributed by atoms with van der Waals surface area (Å²) in [6.07, 6.45) is 0.0969. The largest absolute Gasteiger partial charge is 0.416 e. The number of nitrogens with one attached hydrogen (secondary N) is 1. The highest BCUT2D eigenvalue weighted by atomic mass is 32.2. The van der Waals surface area contributed by atoms with Gasteiger partial charge in [0.2, 0.25) is 5.89 Å². The van der Waals surface area contributed by atoms with Crippen LogP contribution in [0.25, 0.3) is 0 Å². The maximum absolute atomic E-state index is 12.2. The second-order valence-electron chi connectivity index (χ2n) is 5.75. The minimum absolute atomic E-state index is 0.0173. The number of nitro groups is 1. The number of rotatable bonds is 6. The van der Waals surface area contributed by atoms with Gasteiger partial charge in [-0.1, -0.05) is 23.9 Å². The van der Waals surface area contributed by atoms with E-state index in [9.17, 15) is 19.7 Å². The fraction of sp³-hybridized carbons (Fsp3) is 0.250. The third kappa shape index (κ3) is 4.14. The molecule has 0 saturated heterocycles. The molecule has 1 N–H and O–H groups in total. The molecule has 3 aromatic rings. The van der Waals surface area contributed by atoms with Crippen LogP contribution in [0.1, 0.15) is 22.7 Å². The number of H-pyrrole nitrogens is 1. The highest BCUT2D eigenvalue weighted by Gasteiger charge is 2.15. The first-order chi connectivity index (χ1) is 12.8. The Labute approximate surface area is 156 Å². The summed E-state index contributed by atoms with van der Waals surface area (Å²) in [6.45, 7) is 1.63. The van der Waals surface area contributed by atoms with E-state index < -0.39 is 16.2 Å². The van der Waals surface area contributed by atoms with Gasteiger partial charge in [-0.05, 0) is 12.5 Å². The van der Waals surface area contributed by atoms with E-state index in [1.54, 1.807) is 19.1 Å². The molecule has 0 saturated carbocycles. The predicted octanol–water partition coefficient (Wildman–Crippen LogP) is 1.56. The van der Waals surface area contributed by atoms with Crippen LogP contribution in [0, 0.1) is 17.0 Å². The van der Waals surface area contributed by atoms with Crippen molar-refractivity contribution >= 4 is 17.4 Å². The molecular weight excluding hydrogens is 374 g/mol. The molecule has 140 valence electrons. The summed E-state index contributed by atoms with van der Waals surface area (Å²) in [5.74, 6) is 0.659. The summed E-state index contributed by atoms with van der Waals surface area (Å²) in [5.41, 5.74) is 0.686. The minimum Gasteiger partial charge on any atom is -0.416 e. The molecule has 0 aliphatic carbocycles. The number of aryl methyl sites for hydroxylation is 1. The molecule has 0 bridgehead atoms. The lowest BCUT2D eigenvalue weighted by atomic mass is 10.2. The van der Waals surface area contributed by atoms with Crippen LogP contribution in [0.4, 0.5) is 5.69 Å². The summed E-state index contributed by atoms with van der Waals surface area (Å²) < 4.78 is 6.52. The van der Waals surface area contributed by atoms with Crippen LogP contribution in [0.15, 0.2) is 43.5 Å². The number of non-ortho nitro benzene ring substituents is 1. The first-order valence-electron chi connectivity index (χ1n) is 7.82. The summed E-state index contributed by atoms with van der Waals surface area (Å²) in [6, 6.07) is 6.29. The molecule has 0 unspecified atom stereocenters. The first kappa shape index (κ1) is 18.6. The normalized spacial score (nSPS) is 10.9. The van der Waals surface area contributed by atoms with E-state index in [2.05, 4.69) is 15.2 Å². The summed E-state index contributed by atoms with van der Waals surface area (Å²) in [4.78, 5) is 36.7. The molecular formula is C16H15N5O5S. The maximum Gasteiger partial charge on any atom is 0.328 e. The second-order valence-corrected chi connectivity index (χ2v) is 6.68. The van der Waals surface area contributed by atoms with Gasteiger partial charge >= 0.3 is 5.69 Å². The number of nitrogens with zero attached hydrogens (tertiary/aromatic N) is 4. The van der Waals surface area contributed by atoms with Crippen molar-refractivity contribution in [1.29, 1.82) is 0 Å². The zero-order chi connectivity index (χ0) is 19.6. The molecule has 0 amide bonds. The lowest BCUT2D eigenvalue weighted by Crippen LogP contribution is -2.36. The second kappa shape index (κ2) is 7.58. The van der Waals surface area contributed by atoms with E-state index in [0.29, 0.717) is 17.0 Å². The van der Waals surface area contributed by atoms with Crippen molar-refractivity contribution in [1.82, 2.24) is 19.7 Å². The zero-order valence-electron chi connectivity index (χ0n) is 14.5. The molecule has 1 aromatic carbocycles. The van der Waals surface area contributed by atoms with Gasteiger partial charge in [0.1, 0.15) is 0 Å². The average molecular weight is 389 g/mol. The molecule has 2 heterocycles. The number of benzene rings is 1. The van der Waals surface area contributed by atoms with Crippen molar-refractivity contribution in [2.45, 2.75) is 24.3 Å². The van der Waals surface area contributed by atoms with Crippen molar-refractivity contribution in [3.8, 4) is 0 Å².